The van der Waals surface area contributed by atoms with Crippen LogP contribution in [-0.4, -0.2) is 25.0 Å². The monoisotopic (exact) mass is 236 g/mol. The summed E-state index contributed by atoms with van der Waals surface area (Å²) in [4.78, 5) is 11.9. The second-order valence-electron chi connectivity index (χ2n) is 4.51. The van der Waals surface area contributed by atoms with Gasteiger partial charge >= 0.3 is 0 Å². The number of benzene rings is 1. The summed E-state index contributed by atoms with van der Waals surface area (Å²) in [6.07, 6.45) is 1.86. The van der Waals surface area contributed by atoms with E-state index in [2.05, 4.69) is 10.6 Å². The van der Waals surface area contributed by atoms with Crippen LogP contribution in [0.4, 0.5) is 4.39 Å². The highest BCUT2D eigenvalue weighted by atomic mass is 19.1. The number of carbonyl (C=O) groups excluding carboxylic acids is 1. The Bertz CT molecular complexity index is 394. The molecule has 1 saturated heterocycles. The van der Waals surface area contributed by atoms with Gasteiger partial charge in [0, 0.05) is 11.6 Å². The number of hydrogen-bond acceptors (Lipinski definition) is 2. The minimum absolute atomic E-state index is 0.181. The topological polar surface area (TPSA) is 41.1 Å². The summed E-state index contributed by atoms with van der Waals surface area (Å²) in [6, 6.07) is 4.61. The summed E-state index contributed by atoms with van der Waals surface area (Å²) >= 11 is 0. The van der Waals surface area contributed by atoms with Crippen LogP contribution in [-0.2, 0) is 0 Å². The fourth-order valence-electron chi connectivity index (χ4n) is 2.10. The molecule has 0 atom stereocenters. The third kappa shape index (κ3) is 3.27. The SMILES string of the molecule is Cc1cc(F)cc(C(=O)NC2CCNCC2)c1. The van der Waals surface area contributed by atoms with E-state index in [-0.39, 0.29) is 17.8 Å². The second-order valence-corrected chi connectivity index (χ2v) is 4.51. The molecule has 0 saturated carbocycles. The quantitative estimate of drug-likeness (QED) is 0.819. The number of nitrogens with one attached hydrogen (secondary N) is 2. The maximum Gasteiger partial charge on any atom is 0.251 e. The highest BCUT2D eigenvalue weighted by Gasteiger charge is 2.16. The Labute approximate surface area is 100 Å². The summed E-state index contributed by atoms with van der Waals surface area (Å²) in [7, 11) is 0. The van der Waals surface area contributed by atoms with E-state index in [9.17, 15) is 9.18 Å². The zero-order valence-electron chi connectivity index (χ0n) is 9.92. The van der Waals surface area contributed by atoms with Gasteiger partial charge in [-0.15, -0.1) is 0 Å². The fourth-order valence-corrected chi connectivity index (χ4v) is 2.10. The summed E-state index contributed by atoms with van der Waals surface area (Å²) in [5, 5.41) is 6.18. The maximum atomic E-state index is 13.2. The first-order chi connectivity index (χ1) is 8.15. The third-order valence-corrected chi connectivity index (χ3v) is 2.98. The molecule has 1 aromatic rings. The van der Waals surface area contributed by atoms with Gasteiger partial charge in [0.2, 0.25) is 0 Å². The molecule has 4 heteroatoms. The lowest BCUT2D eigenvalue weighted by atomic mass is 10.1. The molecule has 0 unspecified atom stereocenters. The number of piperidine rings is 1. The molecule has 2 rings (SSSR count). The molecule has 0 aromatic heterocycles. The van der Waals surface area contributed by atoms with Crippen LogP contribution >= 0.6 is 0 Å². The minimum Gasteiger partial charge on any atom is -0.349 e. The van der Waals surface area contributed by atoms with Gasteiger partial charge in [-0.25, -0.2) is 4.39 Å². The van der Waals surface area contributed by atoms with Crippen molar-refractivity contribution in [2.75, 3.05) is 13.1 Å². The Morgan fingerprint density at radius 1 is 1.35 bits per heavy atom. The van der Waals surface area contributed by atoms with Gasteiger partial charge in [-0.05, 0) is 56.6 Å². The van der Waals surface area contributed by atoms with Crippen molar-refractivity contribution in [1.29, 1.82) is 0 Å². The summed E-state index contributed by atoms with van der Waals surface area (Å²) < 4.78 is 13.2. The summed E-state index contributed by atoms with van der Waals surface area (Å²) in [5.41, 5.74) is 1.17. The number of aryl methyl sites for hydroxylation is 1. The molecule has 17 heavy (non-hydrogen) atoms. The van der Waals surface area contributed by atoms with E-state index in [1.165, 1.54) is 12.1 Å². The van der Waals surface area contributed by atoms with Gasteiger partial charge in [0.15, 0.2) is 0 Å². The number of rotatable bonds is 2. The van der Waals surface area contributed by atoms with Crippen LogP contribution < -0.4 is 10.6 Å². The van der Waals surface area contributed by atoms with Crippen molar-refractivity contribution in [2.24, 2.45) is 0 Å². The van der Waals surface area contributed by atoms with E-state index in [1.807, 2.05) is 0 Å². The van der Waals surface area contributed by atoms with Crippen molar-refractivity contribution >= 4 is 5.91 Å². The number of halogens is 1. The fraction of sp³-hybridized carbons (Fsp3) is 0.462. The summed E-state index contributed by atoms with van der Waals surface area (Å²) in [5.74, 6) is -0.542. The average molecular weight is 236 g/mol. The molecule has 2 N–H and O–H groups in total. The smallest absolute Gasteiger partial charge is 0.251 e. The van der Waals surface area contributed by atoms with Gasteiger partial charge < -0.3 is 10.6 Å². The molecule has 1 fully saturated rings. The Hall–Kier alpha value is -1.42. The van der Waals surface area contributed by atoms with E-state index in [1.54, 1.807) is 13.0 Å². The van der Waals surface area contributed by atoms with Crippen LogP contribution in [0.25, 0.3) is 0 Å². The molecule has 3 nitrogen and oxygen atoms in total. The third-order valence-electron chi connectivity index (χ3n) is 2.98. The van der Waals surface area contributed by atoms with Crippen LogP contribution in [0.1, 0.15) is 28.8 Å². The molecule has 92 valence electrons. The van der Waals surface area contributed by atoms with Crippen LogP contribution in [0.3, 0.4) is 0 Å². The van der Waals surface area contributed by atoms with Crippen molar-refractivity contribution in [3.8, 4) is 0 Å². The van der Waals surface area contributed by atoms with Crippen LogP contribution in [0.2, 0.25) is 0 Å². The molecule has 1 aliphatic rings. The molecular formula is C13H17FN2O. The molecule has 0 radical (unpaired) electrons. The van der Waals surface area contributed by atoms with Gasteiger partial charge in [0.25, 0.3) is 5.91 Å². The Kier molecular flexibility index (Phi) is 3.74. The maximum absolute atomic E-state index is 13.2. The number of hydrogen-bond donors (Lipinski definition) is 2. The number of amides is 1. The predicted octanol–water partition coefficient (Wildman–Crippen LogP) is 1.62. The predicted molar refractivity (Wildman–Crippen MR) is 64.5 cm³/mol. The second kappa shape index (κ2) is 5.27. The van der Waals surface area contributed by atoms with Crippen LogP contribution in [0.5, 0.6) is 0 Å². The molecule has 1 aromatic carbocycles. The Balaban J connectivity index is 2.03. The first-order valence-electron chi connectivity index (χ1n) is 5.94. The van der Waals surface area contributed by atoms with Gasteiger partial charge in [-0.1, -0.05) is 0 Å². The minimum atomic E-state index is -0.361. The molecule has 0 bridgehead atoms. The van der Waals surface area contributed by atoms with Gasteiger partial charge in [-0.2, -0.15) is 0 Å². The first kappa shape index (κ1) is 12.0. The van der Waals surface area contributed by atoms with Gasteiger partial charge in [0.1, 0.15) is 5.82 Å². The normalized spacial score (nSPS) is 16.8. The van der Waals surface area contributed by atoms with Gasteiger partial charge in [-0.3, -0.25) is 4.79 Å². The average Bonchev–Trinajstić information content (AvgIpc) is 2.29. The standard InChI is InChI=1S/C13H17FN2O/c1-9-6-10(8-11(14)7-9)13(17)16-12-2-4-15-5-3-12/h6-8,12,15H,2-5H2,1H3,(H,16,17). The van der Waals surface area contributed by atoms with E-state index in [0.29, 0.717) is 5.56 Å². The largest absolute Gasteiger partial charge is 0.349 e. The van der Waals surface area contributed by atoms with E-state index < -0.39 is 0 Å². The van der Waals surface area contributed by atoms with E-state index in [0.717, 1.165) is 31.5 Å². The molecule has 0 aliphatic carbocycles. The lowest BCUT2D eigenvalue weighted by Crippen LogP contribution is -2.42. The lowest BCUT2D eigenvalue weighted by molar-refractivity contribution is 0.0929. The van der Waals surface area contributed by atoms with Crippen LogP contribution in [0.15, 0.2) is 18.2 Å². The lowest BCUT2D eigenvalue weighted by Gasteiger charge is -2.23. The van der Waals surface area contributed by atoms with Crippen molar-refractivity contribution in [1.82, 2.24) is 10.6 Å². The molecule has 1 heterocycles. The zero-order valence-corrected chi connectivity index (χ0v) is 9.92. The molecule has 1 amide bonds. The first-order valence-corrected chi connectivity index (χ1v) is 5.94. The Morgan fingerprint density at radius 3 is 2.71 bits per heavy atom. The summed E-state index contributed by atoms with van der Waals surface area (Å²) in [6.45, 7) is 3.63. The van der Waals surface area contributed by atoms with E-state index in [4.69, 9.17) is 0 Å². The highest BCUT2D eigenvalue weighted by Crippen LogP contribution is 2.10. The van der Waals surface area contributed by atoms with Crippen molar-refractivity contribution in [3.63, 3.8) is 0 Å². The number of carbonyl (C=O) groups is 1. The molecule has 0 spiro atoms. The van der Waals surface area contributed by atoms with Crippen molar-refractivity contribution in [2.45, 2.75) is 25.8 Å². The highest BCUT2D eigenvalue weighted by molar-refractivity contribution is 5.94. The van der Waals surface area contributed by atoms with Crippen molar-refractivity contribution in [3.05, 3.63) is 35.1 Å². The van der Waals surface area contributed by atoms with Crippen LogP contribution in [0, 0.1) is 12.7 Å². The zero-order chi connectivity index (χ0) is 12.3. The van der Waals surface area contributed by atoms with Gasteiger partial charge in [0.05, 0.1) is 0 Å². The molecule has 1 aliphatic heterocycles. The van der Waals surface area contributed by atoms with Crippen molar-refractivity contribution < 1.29 is 9.18 Å². The Morgan fingerprint density at radius 2 is 2.06 bits per heavy atom. The van der Waals surface area contributed by atoms with E-state index >= 15 is 0 Å². The molecular weight excluding hydrogens is 219 g/mol.